The Morgan fingerprint density at radius 1 is 0.863 bits per heavy atom. The fourth-order valence-corrected chi connectivity index (χ4v) is 6.43. The summed E-state index contributed by atoms with van der Waals surface area (Å²) in [5, 5.41) is 8.96. The molecule has 3 aromatic carbocycles. The van der Waals surface area contributed by atoms with Crippen molar-refractivity contribution in [2.24, 2.45) is 5.92 Å². The second kappa shape index (κ2) is 20.1. The number of Topliss-reactive ketones (excluding diaryl/α,β-unsaturated/α-hetero) is 1. The first-order valence-corrected chi connectivity index (χ1v) is 17.9. The normalized spacial score (nSPS) is 15.6. The summed E-state index contributed by atoms with van der Waals surface area (Å²) in [6.07, 6.45) is 6.46. The molecule has 51 heavy (non-hydrogen) atoms. The van der Waals surface area contributed by atoms with Crippen molar-refractivity contribution in [3.8, 4) is 0 Å². The van der Waals surface area contributed by atoms with E-state index < -0.39 is 41.8 Å². The fourth-order valence-electron chi connectivity index (χ4n) is 6.43. The zero-order chi connectivity index (χ0) is 36.6. The van der Waals surface area contributed by atoms with Crippen molar-refractivity contribution in [1.29, 1.82) is 0 Å². The first-order valence-electron chi connectivity index (χ1n) is 17.9. The van der Waals surface area contributed by atoms with Crippen LogP contribution in [0.3, 0.4) is 0 Å². The lowest BCUT2D eigenvalue weighted by Crippen LogP contribution is -2.47. The van der Waals surface area contributed by atoms with Crippen LogP contribution in [0, 0.1) is 12.8 Å². The first-order chi connectivity index (χ1) is 24.7. The van der Waals surface area contributed by atoms with Gasteiger partial charge in [0.05, 0.1) is 5.92 Å². The van der Waals surface area contributed by atoms with Crippen molar-refractivity contribution in [2.75, 3.05) is 13.2 Å². The maximum absolute atomic E-state index is 14.5. The Labute approximate surface area is 300 Å². The maximum Gasteiger partial charge on any atom is 0.417 e. The van der Waals surface area contributed by atoms with Crippen LogP contribution < -0.4 is 0 Å². The van der Waals surface area contributed by atoms with Crippen LogP contribution in [0.4, 0.5) is 4.79 Å². The first kappa shape index (κ1) is 38.9. The number of aryl methyl sites for hydroxylation is 1. The molecule has 0 unspecified atom stereocenters. The summed E-state index contributed by atoms with van der Waals surface area (Å²) in [6.45, 7) is 3.20. The highest BCUT2D eigenvalue weighted by molar-refractivity contribution is 6.25. The van der Waals surface area contributed by atoms with Crippen molar-refractivity contribution < 1.29 is 38.6 Å². The average molecular weight is 696 g/mol. The second-order valence-electron chi connectivity index (χ2n) is 13.1. The number of aliphatic hydroxyl groups excluding tert-OH is 1. The number of nitrogens with zero attached hydrogens (tertiary/aromatic N) is 1. The molecule has 1 fully saturated rings. The molecule has 1 saturated heterocycles. The van der Waals surface area contributed by atoms with Crippen LogP contribution in [0.25, 0.3) is 5.57 Å². The van der Waals surface area contributed by atoms with E-state index in [1.807, 2.05) is 31.2 Å². The Hall–Kier alpha value is -4.89. The van der Waals surface area contributed by atoms with Gasteiger partial charge < -0.3 is 14.6 Å². The Morgan fingerprint density at radius 2 is 1.49 bits per heavy atom. The minimum Gasteiger partial charge on any atom is -0.453 e. The van der Waals surface area contributed by atoms with Gasteiger partial charge in [-0.2, -0.15) is 0 Å². The number of ether oxygens (including phenoxy) is 2. The van der Waals surface area contributed by atoms with E-state index in [1.165, 1.54) is 6.08 Å². The number of amides is 2. The summed E-state index contributed by atoms with van der Waals surface area (Å²) in [6, 6.07) is 24.5. The Balaban J connectivity index is 1.65. The van der Waals surface area contributed by atoms with Gasteiger partial charge in [0.15, 0.2) is 17.7 Å². The van der Waals surface area contributed by atoms with Crippen molar-refractivity contribution in [3.05, 3.63) is 113 Å². The Bertz CT molecular complexity index is 1650. The highest BCUT2D eigenvalue weighted by Gasteiger charge is 2.46. The number of aliphatic hydroxyl groups is 1. The molecule has 9 heteroatoms. The second-order valence-corrected chi connectivity index (χ2v) is 13.1. The van der Waals surface area contributed by atoms with Crippen LogP contribution in [-0.4, -0.2) is 58.9 Å². The van der Waals surface area contributed by atoms with Gasteiger partial charge in [-0.15, -0.1) is 0 Å². The van der Waals surface area contributed by atoms with Crippen molar-refractivity contribution in [1.82, 2.24) is 4.90 Å². The summed E-state index contributed by atoms with van der Waals surface area (Å²) >= 11 is 0. The number of unbranched alkanes of at least 4 members (excludes halogenated alkanes) is 7. The van der Waals surface area contributed by atoms with E-state index in [0.717, 1.165) is 62.3 Å². The zero-order valence-corrected chi connectivity index (χ0v) is 29.6. The minimum absolute atomic E-state index is 0.0176. The number of benzene rings is 3. The molecule has 3 atom stereocenters. The molecule has 9 nitrogen and oxygen atoms in total. The van der Waals surface area contributed by atoms with E-state index in [-0.39, 0.29) is 37.4 Å². The number of imide groups is 1. The van der Waals surface area contributed by atoms with Gasteiger partial charge >= 0.3 is 12.1 Å². The largest absolute Gasteiger partial charge is 0.453 e. The van der Waals surface area contributed by atoms with E-state index >= 15 is 0 Å². The quantitative estimate of drug-likeness (QED) is 0.0730. The van der Waals surface area contributed by atoms with Gasteiger partial charge in [-0.25, -0.2) is 9.69 Å². The van der Waals surface area contributed by atoms with Crippen LogP contribution >= 0.6 is 0 Å². The van der Waals surface area contributed by atoms with Crippen molar-refractivity contribution in [3.63, 3.8) is 0 Å². The molecule has 1 heterocycles. The van der Waals surface area contributed by atoms with Crippen LogP contribution in [0.15, 0.2) is 91.0 Å². The number of rotatable bonds is 20. The number of hydrogen-bond donors (Lipinski definition) is 1. The van der Waals surface area contributed by atoms with Crippen LogP contribution in [0.5, 0.6) is 0 Å². The standard InChI is InChI=1S/C42H49NO8/c1-30-18-17-23-34(26-30)35(38(46)24-15-7-5-3-4-6-8-16-25-44)28-39(47)40(51-31(2)45)36(27-32-19-11-9-12-20-32)41(48)43-37(29-50-42(43)49)33-21-13-10-14-22-33/h9-14,17-23,26,28,36-37,40,44H,3-8,15-16,24-25,27,29H2,1-2H3/t36-,37-,40+/m0/s1. The summed E-state index contributed by atoms with van der Waals surface area (Å²) in [4.78, 5) is 69.3. The van der Waals surface area contributed by atoms with E-state index in [1.54, 1.807) is 60.7 Å². The molecular weight excluding hydrogens is 646 g/mol. The molecule has 2 amide bonds. The predicted octanol–water partition coefficient (Wildman–Crippen LogP) is 7.53. The Morgan fingerprint density at radius 3 is 2.12 bits per heavy atom. The van der Waals surface area contributed by atoms with Crippen LogP contribution in [0.1, 0.15) is 93.0 Å². The van der Waals surface area contributed by atoms with Gasteiger partial charge in [0.25, 0.3) is 0 Å². The smallest absolute Gasteiger partial charge is 0.417 e. The predicted molar refractivity (Wildman–Crippen MR) is 194 cm³/mol. The third kappa shape index (κ3) is 11.6. The molecule has 0 bridgehead atoms. The topological polar surface area (TPSA) is 127 Å². The molecule has 0 aliphatic carbocycles. The number of hydrogen-bond acceptors (Lipinski definition) is 8. The lowest BCUT2D eigenvalue weighted by molar-refractivity contribution is -0.158. The number of ketones is 2. The molecule has 1 aliphatic heterocycles. The fraction of sp³-hybridized carbons (Fsp3) is 0.405. The van der Waals surface area contributed by atoms with Gasteiger partial charge in [0.1, 0.15) is 12.6 Å². The molecular formula is C42H49NO8. The van der Waals surface area contributed by atoms with Gasteiger partial charge in [0, 0.05) is 25.5 Å². The third-order valence-corrected chi connectivity index (χ3v) is 9.08. The summed E-state index contributed by atoms with van der Waals surface area (Å²) in [5.41, 5.74) is 3.00. The lowest BCUT2D eigenvalue weighted by atomic mass is 9.87. The number of carbonyl (C=O) groups excluding carboxylic acids is 5. The van der Waals surface area contributed by atoms with Crippen molar-refractivity contribution in [2.45, 2.75) is 90.2 Å². The number of cyclic esters (lactones) is 1. The van der Waals surface area contributed by atoms with Crippen LogP contribution in [-0.2, 0) is 35.1 Å². The summed E-state index contributed by atoms with van der Waals surface area (Å²) in [7, 11) is 0. The van der Waals surface area contributed by atoms with E-state index in [2.05, 4.69) is 0 Å². The Kier molecular flexibility index (Phi) is 15.3. The highest BCUT2D eigenvalue weighted by atomic mass is 16.6. The zero-order valence-electron chi connectivity index (χ0n) is 29.6. The SMILES string of the molecule is CC(=O)O[C@@H](C(=O)C=C(C(=O)CCCCCCCCCCO)c1cccc(C)c1)[C@H](Cc1ccccc1)C(=O)N1C(=O)OC[C@H]1c1ccccc1. The minimum atomic E-state index is -1.63. The molecule has 1 N–H and O–H groups in total. The molecule has 270 valence electrons. The van der Waals surface area contributed by atoms with E-state index in [9.17, 15) is 24.0 Å². The number of allylic oxidation sites excluding steroid dienone is 1. The average Bonchev–Trinajstić information content (AvgIpc) is 3.52. The molecule has 3 aromatic rings. The molecule has 1 aliphatic rings. The van der Waals surface area contributed by atoms with Crippen molar-refractivity contribution >= 4 is 35.1 Å². The molecule has 4 rings (SSSR count). The van der Waals surface area contributed by atoms with Crippen LogP contribution in [0.2, 0.25) is 0 Å². The summed E-state index contributed by atoms with van der Waals surface area (Å²) < 4.78 is 11.0. The van der Waals surface area contributed by atoms with Gasteiger partial charge in [0.2, 0.25) is 5.91 Å². The number of esters is 1. The molecule has 0 radical (unpaired) electrons. The highest BCUT2D eigenvalue weighted by Crippen LogP contribution is 2.32. The summed E-state index contributed by atoms with van der Waals surface area (Å²) in [5.74, 6) is -3.75. The molecule has 0 spiro atoms. The third-order valence-electron chi connectivity index (χ3n) is 9.08. The molecule has 0 aromatic heterocycles. The van der Waals surface area contributed by atoms with Gasteiger partial charge in [-0.05, 0) is 49.0 Å². The van der Waals surface area contributed by atoms with E-state index in [0.29, 0.717) is 23.1 Å². The lowest BCUT2D eigenvalue weighted by Gasteiger charge is -2.29. The monoisotopic (exact) mass is 695 g/mol. The van der Waals surface area contributed by atoms with Gasteiger partial charge in [-0.1, -0.05) is 129 Å². The number of carbonyl (C=O) groups is 5. The van der Waals surface area contributed by atoms with E-state index in [4.69, 9.17) is 14.6 Å². The molecule has 0 saturated carbocycles. The van der Waals surface area contributed by atoms with Gasteiger partial charge in [-0.3, -0.25) is 19.2 Å². The maximum atomic E-state index is 14.5.